The zero-order valence-electron chi connectivity index (χ0n) is 9.45. The second-order valence-electron chi connectivity index (χ2n) is 4.68. The first-order valence-electron chi connectivity index (χ1n) is 5.81. The number of carbonyl (C=O) groups is 1. The van der Waals surface area contributed by atoms with Gasteiger partial charge in [-0.25, -0.2) is 0 Å². The van der Waals surface area contributed by atoms with Crippen molar-refractivity contribution in [3.63, 3.8) is 0 Å². The third-order valence-electron chi connectivity index (χ3n) is 3.39. The Balaban J connectivity index is 1.79. The number of ether oxygens (including phenoxy) is 1. The van der Waals surface area contributed by atoms with E-state index in [1.54, 1.807) is 0 Å². The molecule has 2 N–H and O–H groups in total. The number of fused-ring (bicyclic) bond motifs is 2. The van der Waals surface area contributed by atoms with Crippen LogP contribution in [-0.2, 0) is 9.53 Å². The first-order chi connectivity index (χ1) is 7.20. The van der Waals surface area contributed by atoms with E-state index >= 15 is 0 Å². The molecule has 15 heavy (non-hydrogen) atoms. The van der Waals surface area contributed by atoms with E-state index in [2.05, 4.69) is 10.6 Å². The van der Waals surface area contributed by atoms with Crippen molar-refractivity contribution >= 4 is 5.91 Å². The summed E-state index contributed by atoms with van der Waals surface area (Å²) in [5.74, 6) is 0.180. The minimum absolute atomic E-state index is 0.0362. The molecule has 2 aliphatic rings. The molecule has 2 rings (SSSR count). The van der Waals surface area contributed by atoms with Crippen LogP contribution in [0.1, 0.15) is 26.2 Å². The van der Waals surface area contributed by atoms with Crippen LogP contribution in [-0.4, -0.2) is 37.7 Å². The molecule has 0 aromatic carbocycles. The summed E-state index contributed by atoms with van der Waals surface area (Å²) in [4.78, 5) is 11.8. The summed E-state index contributed by atoms with van der Waals surface area (Å²) in [5.41, 5.74) is 0. The zero-order chi connectivity index (χ0) is 10.8. The van der Waals surface area contributed by atoms with Crippen molar-refractivity contribution in [3.05, 3.63) is 0 Å². The Morgan fingerprint density at radius 2 is 2.33 bits per heavy atom. The van der Waals surface area contributed by atoms with Crippen molar-refractivity contribution in [2.75, 3.05) is 13.6 Å². The molecular weight excluding hydrogens is 192 g/mol. The Kier molecular flexibility index (Phi) is 3.26. The van der Waals surface area contributed by atoms with Gasteiger partial charge in [0.25, 0.3) is 0 Å². The molecule has 1 unspecified atom stereocenters. The quantitative estimate of drug-likeness (QED) is 0.703. The molecule has 2 bridgehead atoms. The summed E-state index contributed by atoms with van der Waals surface area (Å²) in [6.07, 6.45) is 3.96. The summed E-state index contributed by atoms with van der Waals surface area (Å²) in [6.45, 7) is 2.67. The number of hydrogen-bond acceptors (Lipinski definition) is 3. The van der Waals surface area contributed by atoms with Crippen LogP contribution >= 0.6 is 0 Å². The molecule has 0 aliphatic carbocycles. The molecule has 0 aromatic heterocycles. The summed E-state index contributed by atoms with van der Waals surface area (Å²) in [6, 6.07) is 0.260. The second-order valence-corrected chi connectivity index (χ2v) is 4.68. The van der Waals surface area contributed by atoms with Crippen LogP contribution < -0.4 is 10.6 Å². The normalized spacial score (nSPS) is 35.5. The summed E-state index contributed by atoms with van der Waals surface area (Å²) in [7, 11) is 1.87. The van der Waals surface area contributed by atoms with Crippen molar-refractivity contribution < 1.29 is 9.53 Å². The maximum Gasteiger partial charge on any atom is 0.224 e. The number of rotatable bonds is 4. The van der Waals surface area contributed by atoms with Crippen LogP contribution in [0.2, 0.25) is 0 Å². The summed E-state index contributed by atoms with van der Waals surface area (Å²) < 4.78 is 5.70. The molecule has 2 heterocycles. The van der Waals surface area contributed by atoms with E-state index in [0.29, 0.717) is 6.10 Å². The van der Waals surface area contributed by atoms with E-state index in [0.717, 1.165) is 19.4 Å². The van der Waals surface area contributed by atoms with Gasteiger partial charge in [0.2, 0.25) is 5.91 Å². The van der Waals surface area contributed by atoms with E-state index in [1.165, 1.54) is 6.42 Å². The molecule has 0 aromatic rings. The molecule has 0 saturated carbocycles. The largest absolute Gasteiger partial charge is 0.373 e. The van der Waals surface area contributed by atoms with E-state index in [4.69, 9.17) is 4.74 Å². The monoisotopic (exact) mass is 212 g/mol. The lowest BCUT2D eigenvalue weighted by molar-refractivity contribution is -0.125. The Bertz CT molecular complexity index is 245. The van der Waals surface area contributed by atoms with Crippen molar-refractivity contribution in [2.45, 2.75) is 44.4 Å². The third kappa shape index (κ3) is 2.32. The summed E-state index contributed by atoms with van der Waals surface area (Å²) >= 11 is 0. The second kappa shape index (κ2) is 4.49. The lowest BCUT2D eigenvalue weighted by atomic mass is 9.95. The predicted octanol–water partition coefficient (Wildman–Crippen LogP) is 0.278. The Morgan fingerprint density at radius 1 is 1.53 bits per heavy atom. The molecule has 2 aliphatic heterocycles. The molecule has 4 heteroatoms. The topological polar surface area (TPSA) is 50.4 Å². The molecule has 1 amide bonds. The average molecular weight is 212 g/mol. The minimum Gasteiger partial charge on any atom is -0.373 e. The van der Waals surface area contributed by atoms with E-state index in [9.17, 15) is 4.79 Å². The van der Waals surface area contributed by atoms with E-state index in [-0.39, 0.29) is 24.0 Å². The van der Waals surface area contributed by atoms with E-state index < -0.39 is 0 Å². The van der Waals surface area contributed by atoms with Gasteiger partial charge in [-0.05, 0) is 26.3 Å². The Morgan fingerprint density at radius 3 is 2.87 bits per heavy atom. The fraction of sp³-hybridized carbons (Fsp3) is 0.909. The van der Waals surface area contributed by atoms with Crippen LogP contribution in [0, 0.1) is 5.92 Å². The molecular formula is C11H20N2O2. The molecule has 86 valence electrons. The summed E-state index contributed by atoms with van der Waals surface area (Å²) in [5, 5.41) is 6.11. The zero-order valence-corrected chi connectivity index (χ0v) is 9.45. The molecule has 4 atom stereocenters. The minimum atomic E-state index is 0.0362. The first-order valence-corrected chi connectivity index (χ1v) is 5.81. The highest BCUT2D eigenvalue weighted by molar-refractivity contribution is 5.78. The van der Waals surface area contributed by atoms with Gasteiger partial charge in [0.05, 0.1) is 18.2 Å². The number of amides is 1. The van der Waals surface area contributed by atoms with Crippen LogP contribution in [0.25, 0.3) is 0 Å². The molecule has 0 radical (unpaired) electrons. The van der Waals surface area contributed by atoms with Crippen molar-refractivity contribution in [1.82, 2.24) is 10.6 Å². The molecule has 0 spiro atoms. The average Bonchev–Trinajstić information content (AvgIpc) is 2.79. The highest BCUT2D eigenvalue weighted by Crippen LogP contribution is 2.34. The molecule has 2 fully saturated rings. The Hall–Kier alpha value is -0.610. The van der Waals surface area contributed by atoms with Crippen molar-refractivity contribution in [2.24, 2.45) is 5.92 Å². The lowest BCUT2D eigenvalue weighted by Gasteiger charge is -2.22. The van der Waals surface area contributed by atoms with Gasteiger partial charge < -0.3 is 15.4 Å². The van der Waals surface area contributed by atoms with Gasteiger partial charge >= 0.3 is 0 Å². The van der Waals surface area contributed by atoms with E-state index in [1.807, 2.05) is 14.0 Å². The van der Waals surface area contributed by atoms with Gasteiger partial charge in [-0.1, -0.05) is 6.92 Å². The SMILES string of the molecule is CNCC(C)C(=O)N[C@@H]1C[C@H]2CC[C@@H]1O2. The third-order valence-corrected chi connectivity index (χ3v) is 3.39. The van der Waals surface area contributed by atoms with Gasteiger partial charge in [-0.2, -0.15) is 0 Å². The number of carbonyl (C=O) groups excluding carboxylic acids is 1. The fourth-order valence-electron chi connectivity index (χ4n) is 2.51. The smallest absolute Gasteiger partial charge is 0.224 e. The lowest BCUT2D eigenvalue weighted by Crippen LogP contribution is -2.45. The maximum atomic E-state index is 11.8. The van der Waals surface area contributed by atoms with Gasteiger partial charge in [0.15, 0.2) is 0 Å². The predicted molar refractivity (Wildman–Crippen MR) is 57.5 cm³/mol. The van der Waals surface area contributed by atoms with Crippen molar-refractivity contribution in [3.8, 4) is 0 Å². The maximum absolute atomic E-state index is 11.8. The first kappa shape index (κ1) is 10.9. The number of hydrogen-bond donors (Lipinski definition) is 2. The van der Waals surface area contributed by atoms with Crippen LogP contribution in [0.5, 0.6) is 0 Å². The highest BCUT2D eigenvalue weighted by atomic mass is 16.5. The van der Waals surface area contributed by atoms with Crippen molar-refractivity contribution in [1.29, 1.82) is 0 Å². The highest BCUT2D eigenvalue weighted by Gasteiger charge is 2.41. The number of nitrogens with one attached hydrogen (secondary N) is 2. The van der Waals surface area contributed by atoms with Gasteiger partial charge in [0.1, 0.15) is 0 Å². The molecule has 4 nitrogen and oxygen atoms in total. The van der Waals surface area contributed by atoms with Gasteiger partial charge in [-0.3, -0.25) is 4.79 Å². The fourth-order valence-corrected chi connectivity index (χ4v) is 2.51. The van der Waals surface area contributed by atoms with Gasteiger partial charge in [0, 0.05) is 12.5 Å². The molecule has 2 saturated heterocycles. The van der Waals surface area contributed by atoms with Gasteiger partial charge in [-0.15, -0.1) is 0 Å². The van der Waals surface area contributed by atoms with Crippen LogP contribution in [0.4, 0.5) is 0 Å². The van der Waals surface area contributed by atoms with Crippen LogP contribution in [0.15, 0.2) is 0 Å². The standard InChI is InChI=1S/C11H20N2O2/c1-7(6-12-2)11(14)13-9-5-8-3-4-10(9)15-8/h7-10,12H,3-6H2,1-2H3,(H,13,14)/t7?,8-,9-,10+/m1/s1. The van der Waals surface area contributed by atoms with Crippen LogP contribution in [0.3, 0.4) is 0 Å². The Labute approximate surface area is 90.8 Å².